The van der Waals surface area contributed by atoms with Crippen molar-refractivity contribution in [2.24, 2.45) is 0 Å². The van der Waals surface area contributed by atoms with Crippen LogP contribution in [0.2, 0.25) is 0 Å². The number of alkyl halides is 3. The molecule has 17 heavy (non-hydrogen) atoms. The van der Waals surface area contributed by atoms with Crippen molar-refractivity contribution in [3.63, 3.8) is 0 Å². The van der Waals surface area contributed by atoms with Crippen molar-refractivity contribution in [1.82, 2.24) is 4.57 Å². The molecule has 0 saturated heterocycles. The van der Waals surface area contributed by atoms with Gasteiger partial charge in [-0.1, -0.05) is 18.2 Å². The second-order valence-corrected chi connectivity index (χ2v) is 3.66. The standard InChI is InChI=1S/C12H10F3NO/c1-2-16-10-6-4-3-5-8(10)7-9(11(16)17)12(13,14)15/h3-7H,2H2,1H3. The van der Waals surface area contributed by atoms with Crippen LogP contribution >= 0.6 is 0 Å². The van der Waals surface area contributed by atoms with Crippen molar-refractivity contribution in [3.05, 3.63) is 46.2 Å². The van der Waals surface area contributed by atoms with E-state index < -0.39 is 17.3 Å². The van der Waals surface area contributed by atoms with E-state index >= 15 is 0 Å². The molecule has 90 valence electrons. The molecule has 0 saturated carbocycles. The van der Waals surface area contributed by atoms with Gasteiger partial charge in [0.2, 0.25) is 0 Å². The van der Waals surface area contributed by atoms with E-state index in [2.05, 4.69) is 0 Å². The summed E-state index contributed by atoms with van der Waals surface area (Å²) >= 11 is 0. The van der Waals surface area contributed by atoms with Gasteiger partial charge >= 0.3 is 6.18 Å². The smallest absolute Gasteiger partial charge is 0.308 e. The van der Waals surface area contributed by atoms with Crippen LogP contribution < -0.4 is 5.56 Å². The molecule has 0 spiro atoms. The first kappa shape index (κ1) is 11.7. The number of fused-ring (bicyclic) bond motifs is 1. The Labute approximate surface area is 95.3 Å². The summed E-state index contributed by atoms with van der Waals surface area (Å²) in [7, 11) is 0. The quantitative estimate of drug-likeness (QED) is 0.752. The second kappa shape index (κ2) is 3.91. The molecule has 0 fully saturated rings. The maximum Gasteiger partial charge on any atom is 0.421 e. The number of hydrogen-bond donors (Lipinski definition) is 0. The number of nitrogens with zero attached hydrogens (tertiary/aromatic N) is 1. The Bertz CT molecular complexity index is 613. The van der Waals surface area contributed by atoms with Gasteiger partial charge in [0.1, 0.15) is 5.56 Å². The van der Waals surface area contributed by atoms with Crippen molar-refractivity contribution in [1.29, 1.82) is 0 Å². The van der Waals surface area contributed by atoms with E-state index in [0.717, 1.165) is 10.6 Å². The molecule has 0 aliphatic carbocycles. The predicted octanol–water partition coefficient (Wildman–Crippen LogP) is 3.04. The maximum atomic E-state index is 12.7. The molecular weight excluding hydrogens is 231 g/mol. The van der Waals surface area contributed by atoms with Gasteiger partial charge in [0.15, 0.2) is 0 Å². The molecule has 1 aromatic carbocycles. The molecule has 0 atom stereocenters. The maximum absolute atomic E-state index is 12.7. The zero-order valence-electron chi connectivity index (χ0n) is 9.08. The first-order chi connectivity index (χ1) is 7.95. The third-order valence-corrected chi connectivity index (χ3v) is 2.62. The highest BCUT2D eigenvalue weighted by molar-refractivity contribution is 5.79. The lowest BCUT2D eigenvalue weighted by Gasteiger charge is -2.12. The Kier molecular flexibility index (Phi) is 2.69. The number of aromatic nitrogens is 1. The summed E-state index contributed by atoms with van der Waals surface area (Å²) in [5.41, 5.74) is -1.58. The van der Waals surface area contributed by atoms with Crippen LogP contribution in [0.25, 0.3) is 10.9 Å². The van der Waals surface area contributed by atoms with Crippen LogP contribution in [0.15, 0.2) is 35.1 Å². The fourth-order valence-corrected chi connectivity index (χ4v) is 1.84. The average Bonchev–Trinajstić information content (AvgIpc) is 2.27. The van der Waals surface area contributed by atoms with Gasteiger partial charge < -0.3 is 4.57 Å². The van der Waals surface area contributed by atoms with E-state index in [0.29, 0.717) is 10.9 Å². The molecule has 0 radical (unpaired) electrons. The minimum Gasteiger partial charge on any atom is -0.308 e. The highest BCUT2D eigenvalue weighted by Crippen LogP contribution is 2.28. The Morgan fingerprint density at radius 1 is 1.24 bits per heavy atom. The van der Waals surface area contributed by atoms with Gasteiger partial charge in [-0.3, -0.25) is 4.79 Å². The lowest BCUT2D eigenvalue weighted by Crippen LogP contribution is -2.28. The van der Waals surface area contributed by atoms with Gasteiger partial charge in [-0.2, -0.15) is 13.2 Å². The number of para-hydroxylation sites is 1. The molecular formula is C12H10F3NO. The summed E-state index contributed by atoms with van der Waals surface area (Å²) < 4.78 is 39.2. The molecule has 0 unspecified atom stereocenters. The summed E-state index contributed by atoms with van der Waals surface area (Å²) in [6.07, 6.45) is -4.61. The predicted molar refractivity (Wildman–Crippen MR) is 58.9 cm³/mol. The topological polar surface area (TPSA) is 22.0 Å². The van der Waals surface area contributed by atoms with Crippen molar-refractivity contribution < 1.29 is 13.2 Å². The Balaban J connectivity index is 2.90. The lowest BCUT2D eigenvalue weighted by atomic mass is 10.1. The van der Waals surface area contributed by atoms with Gasteiger partial charge in [0.25, 0.3) is 5.56 Å². The number of hydrogen-bond acceptors (Lipinski definition) is 1. The second-order valence-electron chi connectivity index (χ2n) is 3.66. The van der Waals surface area contributed by atoms with E-state index in [-0.39, 0.29) is 6.54 Å². The van der Waals surface area contributed by atoms with Gasteiger partial charge in [-0.25, -0.2) is 0 Å². The highest BCUT2D eigenvalue weighted by Gasteiger charge is 2.34. The molecule has 5 heteroatoms. The Hall–Kier alpha value is -1.78. The molecule has 2 nitrogen and oxygen atoms in total. The summed E-state index contributed by atoms with van der Waals surface area (Å²) in [4.78, 5) is 11.7. The summed E-state index contributed by atoms with van der Waals surface area (Å²) in [6.45, 7) is 1.86. The van der Waals surface area contributed by atoms with Gasteiger partial charge in [0, 0.05) is 6.54 Å². The summed E-state index contributed by atoms with van der Waals surface area (Å²) in [5, 5.41) is 0.418. The minimum atomic E-state index is -4.61. The number of pyridine rings is 1. The molecule has 0 aliphatic rings. The van der Waals surface area contributed by atoms with Crippen molar-refractivity contribution in [3.8, 4) is 0 Å². The zero-order valence-corrected chi connectivity index (χ0v) is 9.08. The molecule has 2 aromatic rings. The first-order valence-corrected chi connectivity index (χ1v) is 5.15. The molecule has 1 aromatic heterocycles. The molecule has 0 N–H and O–H groups in total. The van der Waals surface area contributed by atoms with Gasteiger partial charge in [-0.05, 0) is 24.4 Å². The van der Waals surface area contributed by atoms with Crippen LogP contribution in [0.1, 0.15) is 12.5 Å². The molecule has 0 bridgehead atoms. The Morgan fingerprint density at radius 3 is 2.47 bits per heavy atom. The van der Waals surface area contributed by atoms with E-state index in [1.54, 1.807) is 31.2 Å². The fraction of sp³-hybridized carbons (Fsp3) is 0.250. The molecule has 0 aliphatic heterocycles. The van der Waals surface area contributed by atoms with Gasteiger partial charge in [0.05, 0.1) is 5.52 Å². The van der Waals surface area contributed by atoms with E-state index in [1.807, 2.05) is 0 Å². The molecule has 0 amide bonds. The van der Waals surface area contributed by atoms with E-state index in [4.69, 9.17) is 0 Å². The van der Waals surface area contributed by atoms with Gasteiger partial charge in [-0.15, -0.1) is 0 Å². The average molecular weight is 241 g/mol. The fourth-order valence-electron chi connectivity index (χ4n) is 1.84. The number of rotatable bonds is 1. The number of halogens is 3. The molecule has 2 rings (SSSR count). The Morgan fingerprint density at radius 2 is 1.88 bits per heavy atom. The normalized spacial score (nSPS) is 12.0. The van der Waals surface area contributed by atoms with Crippen LogP contribution in [0.5, 0.6) is 0 Å². The summed E-state index contributed by atoms with van der Waals surface area (Å²) in [5.74, 6) is 0. The largest absolute Gasteiger partial charge is 0.421 e. The lowest BCUT2D eigenvalue weighted by molar-refractivity contribution is -0.138. The van der Waals surface area contributed by atoms with Crippen LogP contribution in [0, 0.1) is 0 Å². The van der Waals surface area contributed by atoms with E-state index in [1.165, 1.54) is 0 Å². The van der Waals surface area contributed by atoms with Crippen LogP contribution in [0.4, 0.5) is 13.2 Å². The van der Waals surface area contributed by atoms with Crippen molar-refractivity contribution in [2.75, 3.05) is 0 Å². The van der Waals surface area contributed by atoms with Crippen LogP contribution in [-0.4, -0.2) is 4.57 Å². The third-order valence-electron chi connectivity index (χ3n) is 2.62. The SMILES string of the molecule is CCn1c(=O)c(C(F)(F)F)cc2ccccc21. The number of benzene rings is 1. The monoisotopic (exact) mass is 241 g/mol. The number of aryl methyl sites for hydroxylation is 1. The zero-order chi connectivity index (χ0) is 12.6. The van der Waals surface area contributed by atoms with Crippen LogP contribution in [-0.2, 0) is 12.7 Å². The summed E-state index contributed by atoms with van der Waals surface area (Å²) in [6, 6.07) is 7.45. The molecule has 1 heterocycles. The highest BCUT2D eigenvalue weighted by atomic mass is 19.4. The first-order valence-electron chi connectivity index (χ1n) is 5.15. The third kappa shape index (κ3) is 1.92. The van der Waals surface area contributed by atoms with Crippen molar-refractivity contribution >= 4 is 10.9 Å². The van der Waals surface area contributed by atoms with E-state index in [9.17, 15) is 18.0 Å². The van der Waals surface area contributed by atoms with Crippen LogP contribution in [0.3, 0.4) is 0 Å². The van der Waals surface area contributed by atoms with Crippen molar-refractivity contribution in [2.45, 2.75) is 19.6 Å². The minimum absolute atomic E-state index is 0.212.